The van der Waals surface area contributed by atoms with Crippen molar-refractivity contribution in [1.82, 2.24) is 0 Å². The van der Waals surface area contributed by atoms with Crippen LogP contribution in [0.25, 0.3) is 6.08 Å². The third kappa shape index (κ3) is 5.60. The molecule has 1 heterocycles. The van der Waals surface area contributed by atoms with Gasteiger partial charge in [0, 0.05) is 18.2 Å². The summed E-state index contributed by atoms with van der Waals surface area (Å²) in [6.45, 7) is 6.61. The van der Waals surface area contributed by atoms with Crippen LogP contribution in [-0.4, -0.2) is 31.2 Å². The highest BCUT2D eigenvalue weighted by Gasteiger charge is 2.17. The number of hydrogen-bond donors (Lipinski definition) is 1. The summed E-state index contributed by atoms with van der Waals surface area (Å²) in [7, 11) is 0. The Bertz CT molecular complexity index is 935. The van der Waals surface area contributed by atoms with Gasteiger partial charge in [0.2, 0.25) is 0 Å². The third-order valence-electron chi connectivity index (χ3n) is 4.50. The van der Waals surface area contributed by atoms with Crippen molar-refractivity contribution in [2.75, 3.05) is 18.5 Å². The molecule has 6 heteroatoms. The van der Waals surface area contributed by atoms with Crippen LogP contribution in [0.3, 0.4) is 0 Å². The first-order valence-corrected chi connectivity index (χ1v) is 9.59. The predicted molar refractivity (Wildman–Crippen MR) is 111 cm³/mol. The number of anilines is 1. The summed E-state index contributed by atoms with van der Waals surface area (Å²) in [5.74, 6) is 0.370. The van der Waals surface area contributed by atoms with E-state index in [4.69, 9.17) is 14.2 Å². The average Bonchev–Trinajstić information content (AvgIpc) is 2.94. The van der Waals surface area contributed by atoms with Gasteiger partial charge in [0.1, 0.15) is 0 Å². The summed E-state index contributed by atoms with van der Waals surface area (Å²) in [6.07, 6.45) is 2.82. The maximum absolute atomic E-state index is 12.3. The maximum Gasteiger partial charge on any atom is 0.331 e. The van der Waals surface area contributed by atoms with Crippen LogP contribution in [0.4, 0.5) is 5.69 Å². The molecule has 0 radical (unpaired) electrons. The highest BCUT2D eigenvalue weighted by Crippen LogP contribution is 2.30. The van der Waals surface area contributed by atoms with E-state index in [9.17, 15) is 9.59 Å². The van der Waals surface area contributed by atoms with Gasteiger partial charge < -0.3 is 19.5 Å². The van der Waals surface area contributed by atoms with Crippen LogP contribution >= 0.6 is 0 Å². The van der Waals surface area contributed by atoms with Crippen molar-refractivity contribution >= 4 is 23.6 Å². The molecule has 2 aromatic rings. The molecule has 0 saturated heterocycles. The molecule has 0 unspecified atom stereocenters. The van der Waals surface area contributed by atoms with Crippen molar-refractivity contribution in [3.05, 3.63) is 59.2 Å². The van der Waals surface area contributed by atoms with Crippen LogP contribution < -0.4 is 14.8 Å². The Morgan fingerprint density at radius 1 is 1.07 bits per heavy atom. The van der Waals surface area contributed by atoms with Gasteiger partial charge in [-0.15, -0.1) is 0 Å². The summed E-state index contributed by atoms with van der Waals surface area (Å²) in [6, 6.07) is 11.2. The van der Waals surface area contributed by atoms with Crippen molar-refractivity contribution in [2.24, 2.45) is 0 Å². The molecule has 0 bridgehead atoms. The van der Waals surface area contributed by atoms with Crippen molar-refractivity contribution in [3.63, 3.8) is 0 Å². The van der Waals surface area contributed by atoms with Gasteiger partial charge >= 0.3 is 5.97 Å². The zero-order chi connectivity index (χ0) is 20.8. The molecule has 0 aromatic heterocycles. The summed E-state index contributed by atoms with van der Waals surface area (Å²) < 4.78 is 16.4. The number of fused-ring (bicyclic) bond motifs is 1. The number of amides is 1. The van der Waals surface area contributed by atoms with Crippen LogP contribution in [0, 0.1) is 13.8 Å². The van der Waals surface area contributed by atoms with Crippen LogP contribution in [0.5, 0.6) is 11.5 Å². The van der Waals surface area contributed by atoms with E-state index in [0.29, 0.717) is 30.4 Å². The average molecular weight is 395 g/mol. The highest BCUT2D eigenvalue weighted by atomic mass is 16.5. The minimum atomic E-state index is -0.921. The van der Waals surface area contributed by atoms with Gasteiger partial charge in [-0.3, -0.25) is 4.79 Å². The van der Waals surface area contributed by atoms with Gasteiger partial charge in [-0.2, -0.15) is 0 Å². The van der Waals surface area contributed by atoms with Gasteiger partial charge in [-0.25, -0.2) is 4.79 Å². The van der Waals surface area contributed by atoms with E-state index in [1.807, 2.05) is 44.2 Å². The molecule has 29 heavy (non-hydrogen) atoms. The van der Waals surface area contributed by atoms with E-state index < -0.39 is 12.1 Å². The highest BCUT2D eigenvalue weighted by molar-refractivity contribution is 5.97. The minimum Gasteiger partial charge on any atom is -0.490 e. The standard InChI is InChI=1S/C23H25NO5/c1-15-5-6-16(2)19(13-15)24-23(26)17(3)29-22(25)10-8-18-7-9-20-21(14-18)28-12-4-11-27-20/h5-10,13-14,17H,4,11-12H2,1-3H3,(H,24,26)/b10-8+/t17-/m1/s1. The van der Waals surface area contributed by atoms with E-state index in [0.717, 1.165) is 23.1 Å². The second-order valence-electron chi connectivity index (χ2n) is 6.98. The van der Waals surface area contributed by atoms with Crippen molar-refractivity contribution in [2.45, 2.75) is 33.3 Å². The second kappa shape index (κ2) is 9.28. The van der Waals surface area contributed by atoms with Crippen LogP contribution in [0.2, 0.25) is 0 Å². The normalized spacial score (nSPS) is 14.2. The third-order valence-corrected chi connectivity index (χ3v) is 4.50. The van der Waals surface area contributed by atoms with Crippen LogP contribution in [0.1, 0.15) is 30.0 Å². The molecule has 1 N–H and O–H groups in total. The number of benzene rings is 2. The number of esters is 1. The quantitative estimate of drug-likeness (QED) is 0.611. The summed E-state index contributed by atoms with van der Waals surface area (Å²) in [5, 5.41) is 2.80. The van der Waals surface area contributed by atoms with Gasteiger partial charge in [-0.1, -0.05) is 18.2 Å². The number of carbonyl (C=O) groups is 2. The monoisotopic (exact) mass is 395 g/mol. The first kappa shape index (κ1) is 20.5. The van der Waals surface area contributed by atoms with Crippen molar-refractivity contribution in [3.8, 4) is 11.5 Å². The topological polar surface area (TPSA) is 73.9 Å². The van der Waals surface area contributed by atoms with Gasteiger partial charge in [0.15, 0.2) is 17.6 Å². The van der Waals surface area contributed by atoms with E-state index in [-0.39, 0.29) is 5.91 Å². The molecule has 0 aliphatic carbocycles. The first-order valence-electron chi connectivity index (χ1n) is 9.59. The van der Waals surface area contributed by atoms with Crippen molar-refractivity contribution in [1.29, 1.82) is 0 Å². The molecule has 152 valence electrons. The Morgan fingerprint density at radius 2 is 1.83 bits per heavy atom. The molecular weight excluding hydrogens is 370 g/mol. The summed E-state index contributed by atoms with van der Waals surface area (Å²) in [5.41, 5.74) is 3.46. The molecule has 1 aliphatic heterocycles. The fourth-order valence-corrected chi connectivity index (χ4v) is 2.82. The fraction of sp³-hybridized carbons (Fsp3) is 0.304. The van der Waals surface area contributed by atoms with Crippen LogP contribution in [-0.2, 0) is 14.3 Å². The Labute approximate surface area is 170 Å². The van der Waals surface area contributed by atoms with Gasteiger partial charge in [-0.05, 0) is 61.7 Å². The Hall–Kier alpha value is -3.28. The molecule has 1 atom stereocenters. The zero-order valence-electron chi connectivity index (χ0n) is 16.9. The predicted octanol–water partition coefficient (Wildman–Crippen LogP) is 4.05. The number of nitrogens with one attached hydrogen (secondary N) is 1. The molecule has 1 amide bonds. The lowest BCUT2D eigenvalue weighted by Gasteiger charge is -2.14. The fourth-order valence-electron chi connectivity index (χ4n) is 2.82. The molecule has 0 saturated carbocycles. The van der Waals surface area contributed by atoms with E-state index >= 15 is 0 Å². The van der Waals surface area contributed by atoms with E-state index in [2.05, 4.69) is 5.32 Å². The Balaban J connectivity index is 1.57. The Morgan fingerprint density at radius 3 is 2.62 bits per heavy atom. The van der Waals surface area contributed by atoms with Crippen molar-refractivity contribution < 1.29 is 23.8 Å². The maximum atomic E-state index is 12.3. The van der Waals surface area contributed by atoms with E-state index in [1.54, 1.807) is 19.1 Å². The molecule has 0 spiro atoms. The first-order chi connectivity index (χ1) is 13.9. The lowest BCUT2D eigenvalue weighted by atomic mass is 10.1. The smallest absolute Gasteiger partial charge is 0.331 e. The molecular formula is C23H25NO5. The molecule has 3 rings (SSSR count). The zero-order valence-corrected chi connectivity index (χ0v) is 16.9. The number of ether oxygens (including phenoxy) is 3. The van der Waals surface area contributed by atoms with Gasteiger partial charge in [0.25, 0.3) is 5.91 Å². The molecule has 2 aromatic carbocycles. The molecule has 1 aliphatic rings. The second-order valence-corrected chi connectivity index (χ2v) is 6.98. The molecule has 0 fully saturated rings. The molecule has 6 nitrogen and oxygen atoms in total. The van der Waals surface area contributed by atoms with E-state index in [1.165, 1.54) is 6.08 Å². The summed E-state index contributed by atoms with van der Waals surface area (Å²) in [4.78, 5) is 24.4. The van der Waals surface area contributed by atoms with Crippen LogP contribution in [0.15, 0.2) is 42.5 Å². The lowest BCUT2D eigenvalue weighted by molar-refractivity contribution is -0.148. The summed E-state index contributed by atoms with van der Waals surface area (Å²) >= 11 is 0. The largest absolute Gasteiger partial charge is 0.490 e. The minimum absolute atomic E-state index is 0.379. The Kier molecular flexibility index (Phi) is 6.54. The number of aryl methyl sites for hydroxylation is 2. The SMILES string of the molecule is Cc1ccc(C)c(NC(=O)[C@@H](C)OC(=O)/C=C/c2ccc3c(c2)OCCCO3)c1. The number of rotatable bonds is 5. The van der Waals surface area contributed by atoms with Gasteiger partial charge in [0.05, 0.1) is 13.2 Å². The lowest BCUT2D eigenvalue weighted by Crippen LogP contribution is -2.29. The number of carbonyl (C=O) groups excluding carboxylic acids is 2. The number of hydrogen-bond acceptors (Lipinski definition) is 5.